The molecule has 0 unspecified atom stereocenters. The van der Waals surface area contributed by atoms with E-state index in [1.807, 2.05) is 30.3 Å². The number of amides is 1. The van der Waals surface area contributed by atoms with Crippen molar-refractivity contribution < 1.29 is 10.0 Å². The molecule has 0 spiro atoms. The number of nitrogens with zero attached hydrogens (tertiary/aromatic N) is 2. The summed E-state index contributed by atoms with van der Waals surface area (Å²) in [6.45, 7) is 0.441. The van der Waals surface area contributed by atoms with Crippen LogP contribution in [0.15, 0.2) is 30.3 Å². The van der Waals surface area contributed by atoms with Gasteiger partial charge in [-0.25, -0.2) is 5.06 Å². The first-order valence-corrected chi connectivity index (χ1v) is 4.77. The Labute approximate surface area is 89.7 Å². The van der Waals surface area contributed by atoms with Gasteiger partial charge in [-0.15, -0.1) is 0 Å². The van der Waals surface area contributed by atoms with Crippen LogP contribution >= 0.6 is 0 Å². The van der Waals surface area contributed by atoms with Gasteiger partial charge in [0.25, 0.3) is 5.91 Å². The number of likely N-dealkylation sites (N-methyl/N-ethyl adjacent to an activating group) is 1. The van der Waals surface area contributed by atoms with Crippen molar-refractivity contribution in [1.82, 2.24) is 9.96 Å². The van der Waals surface area contributed by atoms with Gasteiger partial charge in [0, 0.05) is 0 Å². The van der Waals surface area contributed by atoms with Crippen molar-refractivity contribution in [3.05, 3.63) is 35.9 Å². The van der Waals surface area contributed by atoms with Crippen LogP contribution in [0.5, 0.6) is 0 Å². The molecule has 0 saturated carbocycles. The smallest absolute Gasteiger partial charge is 0.260 e. The molecule has 82 valence electrons. The predicted molar refractivity (Wildman–Crippen MR) is 57.3 cm³/mol. The summed E-state index contributed by atoms with van der Waals surface area (Å²) in [6.07, 6.45) is 0. The molecule has 4 heteroatoms. The lowest BCUT2D eigenvalue weighted by Gasteiger charge is -2.17. The van der Waals surface area contributed by atoms with Gasteiger partial charge in [0.05, 0.1) is 13.1 Å². The minimum atomic E-state index is -0.302. The van der Waals surface area contributed by atoms with E-state index in [1.54, 1.807) is 19.0 Å². The Balaban J connectivity index is 2.49. The highest BCUT2D eigenvalue weighted by Gasteiger charge is 2.11. The summed E-state index contributed by atoms with van der Waals surface area (Å²) < 4.78 is 0. The largest absolute Gasteiger partial charge is 0.301 e. The number of rotatable bonds is 4. The van der Waals surface area contributed by atoms with E-state index in [1.165, 1.54) is 0 Å². The second-order valence-corrected chi connectivity index (χ2v) is 3.67. The molecule has 0 atom stereocenters. The van der Waals surface area contributed by atoms with Gasteiger partial charge in [-0.2, -0.15) is 0 Å². The van der Waals surface area contributed by atoms with Crippen LogP contribution in [0.25, 0.3) is 0 Å². The average Bonchev–Trinajstić information content (AvgIpc) is 2.18. The molecule has 1 aromatic carbocycles. The number of hydrogen-bond donors (Lipinski definition) is 1. The molecule has 15 heavy (non-hydrogen) atoms. The van der Waals surface area contributed by atoms with E-state index in [9.17, 15) is 10.0 Å². The van der Waals surface area contributed by atoms with Crippen LogP contribution in [0.4, 0.5) is 0 Å². The molecular formula is C11H16N2O2. The molecule has 4 nitrogen and oxygen atoms in total. The molecule has 0 aliphatic rings. The van der Waals surface area contributed by atoms with Crippen molar-refractivity contribution in [3.8, 4) is 0 Å². The number of hydroxylamine groups is 2. The normalized spacial score (nSPS) is 10.4. The molecule has 1 amide bonds. The highest BCUT2D eigenvalue weighted by molar-refractivity contribution is 5.76. The van der Waals surface area contributed by atoms with E-state index < -0.39 is 0 Å². The molecule has 0 heterocycles. The van der Waals surface area contributed by atoms with Gasteiger partial charge in [0.15, 0.2) is 0 Å². The number of carbonyl (C=O) groups is 1. The maximum atomic E-state index is 11.4. The fourth-order valence-electron chi connectivity index (χ4n) is 1.20. The first kappa shape index (κ1) is 11.7. The van der Waals surface area contributed by atoms with Gasteiger partial charge >= 0.3 is 0 Å². The summed E-state index contributed by atoms with van der Waals surface area (Å²) >= 11 is 0. The van der Waals surface area contributed by atoms with Crippen LogP contribution in [0.2, 0.25) is 0 Å². The zero-order valence-corrected chi connectivity index (χ0v) is 9.05. The van der Waals surface area contributed by atoms with Crippen LogP contribution in [0.1, 0.15) is 5.56 Å². The monoisotopic (exact) mass is 208 g/mol. The summed E-state index contributed by atoms with van der Waals surface area (Å²) in [5, 5.41) is 10.2. The third kappa shape index (κ3) is 4.10. The van der Waals surface area contributed by atoms with Crippen LogP contribution in [0, 0.1) is 0 Å². The Morgan fingerprint density at radius 2 is 1.87 bits per heavy atom. The topological polar surface area (TPSA) is 43.8 Å². The molecule has 1 aromatic rings. The van der Waals surface area contributed by atoms with Crippen molar-refractivity contribution in [2.24, 2.45) is 0 Å². The second-order valence-electron chi connectivity index (χ2n) is 3.67. The van der Waals surface area contributed by atoms with Crippen LogP contribution in [-0.4, -0.2) is 41.7 Å². The fraction of sp³-hybridized carbons (Fsp3) is 0.364. The Bertz CT molecular complexity index is 312. The maximum Gasteiger partial charge on any atom is 0.260 e. The highest BCUT2D eigenvalue weighted by atomic mass is 16.5. The third-order valence-corrected chi connectivity index (χ3v) is 1.91. The lowest BCUT2D eigenvalue weighted by atomic mass is 10.2. The SMILES string of the molecule is CN(C)CC(=O)N(O)Cc1ccccc1. The Morgan fingerprint density at radius 1 is 1.27 bits per heavy atom. The molecule has 1 rings (SSSR count). The lowest BCUT2D eigenvalue weighted by molar-refractivity contribution is -0.168. The standard InChI is InChI=1S/C11H16N2O2/c1-12(2)9-11(14)13(15)8-10-6-4-3-5-7-10/h3-7,15H,8-9H2,1-2H3. The number of carbonyl (C=O) groups excluding carboxylic acids is 1. The lowest BCUT2D eigenvalue weighted by Crippen LogP contribution is -2.35. The quantitative estimate of drug-likeness (QED) is 0.592. The summed E-state index contributed by atoms with van der Waals surface area (Å²) in [6, 6.07) is 9.38. The van der Waals surface area contributed by atoms with Crippen molar-refractivity contribution >= 4 is 5.91 Å². The Morgan fingerprint density at radius 3 is 2.40 bits per heavy atom. The minimum absolute atomic E-state index is 0.212. The first-order chi connectivity index (χ1) is 7.09. The van der Waals surface area contributed by atoms with Crippen LogP contribution in [-0.2, 0) is 11.3 Å². The number of benzene rings is 1. The molecule has 1 N–H and O–H groups in total. The fourth-order valence-corrected chi connectivity index (χ4v) is 1.20. The van der Waals surface area contributed by atoms with Gasteiger partial charge in [-0.05, 0) is 19.7 Å². The van der Waals surface area contributed by atoms with Crippen molar-refractivity contribution in [1.29, 1.82) is 0 Å². The summed E-state index contributed by atoms with van der Waals surface area (Å²) in [5.74, 6) is -0.302. The molecule has 0 aromatic heterocycles. The molecule has 0 fully saturated rings. The van der Waals surface area contributed by atoms with Crippen LogP contribution < -0.4 is 0 Å². The predicted octanol–water partition coefficient (Wildman–Crippen LogP) is 0.966. The van der Waals surface area contributed by atoms with Crippen molar-refractivity contribution in [3.63, 3.8) is 0 Å². The van der Waals surface area contributed by atoms with E-state index in [4.69, 9.17) is 0 Å². The van der Waals surface area contributed by atoms with E-state index in [2.05, 4.69) is 0 Å². The summed E-state index contributed by atoms with van der Waals surface area (Å²) in [5.41, 5.74) is 0.909. The van der Waals surface area contributed by atoms with Crippen LogP contribution in [0.3, 0.4) is 0 Å². The van der Waals surface area contributed by atoms with Gasteiger partial charge in [-0.3, -0.25) is 10.0 Å². The third-order valence-electron chi connectivity index (χ3n) is 1.91. The molecule has 0 saturated heterocycles. The van der Waals surface area contributed by atoms with Gasteiger partial charge < -0.3 is 4.90 Å². The van der Waals surface area contributed by atoms with Crippen molar-refractivity contribution in [2.75, 3.05) is 20.6 Å². The zero-order valence-electron chi connectivity index (χ0n) is 9.05. The Kier molecular flexibility index (Phi) is 4.27. The van der Waals surface area contributed by atoms with Gasteiger partial charge in [0.2, 0.25) is 0 Å². The molecule has 0 aliphatic heterocycles. The minimum Gasteiger partial charge on any atom is -0.301 e. The molecule has 0 bridgehead atoms. The Hall–Kier alpha value is -1.39. The molecular weight excluding hydrogens is 192 g/mol. The van der Waals surface area contributed by atoms with Crippen molar-refractivity contribution in [2.45, 2.75) is 6.54 Å². The molecule has 0 aliphatic carbocycles. The van der Waals surface area contributed by atoms with Gasteiger partial charge in [-0.1, -0.05) is 30.3 Å². The first-order valence-electron chi connectivity index (χ1n) is 4.77. The average molecular weight is 208 g/mol. The summed E-state index contributed by atoms with van der Waals surface area (Å²) in [7, 11) is 3.57. The zero-order chi connectivity index (χ0) is 11.3. The number of hydrogen-bond acceptors (Lipinski definition) is 3. The van der Waals surface area contributed by atoms with E-state index >= 15 is 0 Å². The van der Waals surface area contributed by atoms with E-state index in [-0.39, 0.29) is 19.0 Å². The second kappa shape index (κ2) is 5.48. The van der Waals surface area contributed by atoms with E-state index in [0.717, 1.165) is 10.6 Å². The maximum absolute atomic E-state index is 11.4. The molecule has 0 radical (unpaired) electrons. The highest BCUT2D eigenvalue weighted by Crippen LogP contribution is 2.02. The summed E-state index contributed by atoms with van der Waals surface area (Å²) in [4.78, 5) is 13.1. The van der Waals surface area contributed by atoms with E-state index in [0.29, 0.717) is 0 Å². The van der Waals surface area contributed by atoms with Gasteiger partial charge in [0.1, 0.15) is 0 Å².